The molecule has 0 bridgehead atoms. The number of hydrogen-bond acceptors (Lipinski definition) is 4. The Bertz CT molecular complexity index is 1470. The molecule has 2 aromatic heterocycles. The molecule has 1 aliphatic rings. The Kier molecular flexibility index (Phi) is 2.35. The predicted octanol–water partition coefficient (Wildman–Crippen LogP) is 2.36. The van der Waals surface area contributed by atoms with Crippen molar-refractivity contribution < 1.29 is 16.4 Å². The van der Waals surface area contributed by atoms with Crippen LogP contribution in [-0.4, -0.2) is 51.8 Å². The van der Waals surface area contributed by atoms with Gasteiger partial charge in [-0.05, 0) is 36.6 Å². The number of rotatable bonds is 5. The van der Waals surface area contributed by atoms with E-state index in [1.54, 1.807) is 4.90 Å². The number of hydrogen-bond donors (Lipinski definition) is 0. The van der Waals surface area contributed by atoms with E-state index < -0.39 is 67.1 Å². The van der Waals surface area contributed by atoms with Crippen LogP contribution in [-0.2, 0) is 6.54 Å². The zero-order valence-corrected chi connectivity index (χ0v) is 14.3. The van der Waals surface area contributed by atoms with Crippen LogP contribution in [0.2, 0.25) is 5.02 Å². The van der Waals surface area contributed by atoms with Crippen LogP contribution in [0.1, 0.15) is 22.8 Å². The molecule has 0 spiro atoms. The van der Waals surface area contributed by atoms with Gasteiger partial charge in [-0.25, -0.2) is 9.48 Å². The van der Waals surface area contributed by atoms with E-state index in [0.717, 1.165) is 0 Å². The molecule has 136 valence electrons. The van der Waals surface area contributed by atoms with E-state index in [9.17, 15) is 4.79 Å². The third-order valence-electron chi connectivity index (χ3n) is 3.89. The zero-order chi connectivity index (χ0) is 28.5. The zero-order valence-electron chi connectivity index (χ0n) is 25.6. The normalized spacial score (nSPS) is 23.3. The van der Waals surface area contributed by atoms with Crippen molar-refractivity contribution in [2.24, 2.45) is 0 Å². The van der Waals surface area contributed by atoms with Crippen molar-refractivity contribution >= 4 is 22.9 Å². The molecule has 0 unspecified atom stereocenters. The topological polar surface area (TPSA) is 45.8 Å². The fourth-order valence-electron chi connectivity index (χ4n) is 2.60. The summed E-state index contributed by atoms with van der Waals surface area (Å²) < 4.78 is 98.6. The molecular formula is C19H22ClN5O. The lowest BCUT2D eigenvalue weighted by atomic mass is 10.2. The highest BCUT2D eigenvalue weighted by atomic mass is 35.5. The number of aryl methyl sites for hydroxylation is 1. The summed E-state index contributed by atoms with van der Waals surface area (Å²) in [5, 5.41) is 3.58. The molecule has 0 atom stereocenters. The standard InChI is InChI=1S/C19H22ClN5O/c20-16-5-3-6-17(15-16)23-13-11-22(12-14-23)8-4-10-25-19(26)24-9-2-1-7-18(24)21-25/h1-3,5-7,9,15H,4,8,10-14H2/i1D,2D,3D,4D2,5D,6D,7D,8D2,9D,15D. The first-order chi connectivity index (χ1) is 17.5. The third kappa shape index (κ3) is 3.61. The van der Waals surface area contributed by atoms with Gasteiger partial charge in [0.05, 0.1) is 11.0 Å². The summed E-state index contributed by atoms with van der Waals surface area (Å²) in [5.41, 5.74) is -1.41. The minimum Gasteiger partial charge on any atom is -0.369 e. The average Bonchev–Trinajstić information content (AvgIpc) is 3.19. The molecule has 3 aromatic rings. The lowest BCUT2D eigenvalue weighted by molar-refractivity contribution is 0.248. The Hall–Kier alpha value is -2.31. The van der Waals surface area contributed by atoms with Crippen molar-refractivity contribution in [1.29, 1.82) is 0 Å². The first kappa shape index (κ1) is 8.15. The van der Waals surface area contributed by atoms with Crippen LogP contribution in [0.25, 0.3) is 5.65 Å². The second kappa shape index (κ2) is 7.51. The summed E-state index contributed by atoms with van der Waals surface area (Å²) in [6.45, 7) is -3.47. The minimum absolute atomic E-state index is 0.0374. The maximum Gasteiger partial charge on any atom is 0.350 e. The number of piperazine rings is 1. The predicted molar refractivity (Wildman–Crippen MR) is 104 cm³/mol. The number of anilines is 1. The fourth-order valence-corrected chi connectivity index (χ4v) is 2.73. The third-order valence-corrected chi connectivity index (χ3v) is 4.08. The van der Waals surface area contributed by atoms with E-state index in [1.807, 2.05) is 0 Å². The highest BCUT2D eigenvalue weighted by Gasteiger charge is 2.17. The number of aromatic nitrogens is 3. The van der Waals surface area contributed by atoms with Crippen LogP contribution in [0.3, 0.4) is 0 Å². The van der Waals surface area contributed by atoms with E-state index in [4.69, 9.17) is 28.1 Å². The fraction of sp³-hybridized carbons (Fsp3) is 0.368. The highest BCUT2D eigenvalue weighted by Crippen LogP contribution is 2.20. The second-order valence-corrected chi connectivity index (χ2v) is 5.89. The van der Waals surface area contributed by atoms with Crippen LogP contribution < -0.4 is 10.6 Å². The molecule has 4 rings (SSSR count). The highest BCUT2D eigenvalue weighted by molar-refractivity contribution is 6.30. The summed E-state index contributed by atoms with van der Waals surface area (Å²) in [5.74, 6) is 0. The van der Waals surface area contributed by atoms with Crippen molar-refractivity contribution in [3.8, 4) is 0 Å². The molecule has 0 saturated carbocycles. The van der Waals surface area contributed by atoms with Gasteiger partial charge in [0.1, 0.15) is 0 Å². The van der Waals surface area contributed by atoms with Crippen LogP contribution >= 0.6 is 11.6 Å². The van der Waals surface area contributed by atoms with E-state index in [0.29, 0.717) is 9.08 Å². The molecule has 0 N–H and O–H groups in total. The maximum atomic E-state index is 12.8. The number of halogens is 1. The van der Waals surface area contributed by atoms with Gasteiger partial charge in [-0.1, -0.05) is 23.7 Å². The van der Waals surface area contributed by atoms with Gasteiger partial charge < -0.3 is 4.90 Å². The largest absolute Gasteiger partial charge is 0.369 e. The molecule has 26 heavy (non-hydrogen) atoms. The SMILES string of the molecule is [2H]c1c([2H])c(Cl)c([2H])c(N2CCN(C([2H])([2H])C([2H])([2H])Cn3nc4c([2H])c([2H])c([2H])c([2H])n4c3=O)CC2)c1[2H]. The molecule has 1 aromatic carbocycles. The van der Waals surface area contributed by atoms with Gasteiger partial charge in [-0.3, -0.25) is 9.30 Å². The van der Waals surface area contributed by atoms with Crippen molar-refractivity contribution in [2.45, 2.75) is 12.9 Å². The Morgan fingerprint density at radius 3 is 2.85 bits per heavy atom. The summed E-state index contributed by atoms with van der Waals surface area (Å²) in [7, 11) is 0. The van der Waals surface area contributed by atoms with Crippen LogP contribution in [0.5, 0.6) is 0 Å². The Morgan fingerprint density at radius 1 is 1.15 bits per heavy atom. The first-order valence-corrected chi connectivity index (χ1v) is 8.22. The van der Waals surface area contributed by atoms with Gasteiger partial charge in [0.2, 0.25) is 0 Å². The number of nitrogens with zero attached hydrogens (tertiary/aromatic N) is 5. The summed E-state index contributed by atoms with van der Waals surface area (Å²) in [6.07, 6.45) is -3.39. The summed E-state index contributed by atoms with van der Waals surface area (Å²) in [4.78, 5) is 15.6. The lowest BCUT2D eigenvalue weighted by Crippen LogP contribution is -2.46. The van der Waals surface area contributed by atoms with Gasteiger partial charge in [0, 0.05) is 61.6 Å². The molecule has 7 heteroatoms. The molecule has 1 fully saturated rings. The van der Waals surface area contributed by atoms with Crippen molar-refractivity contribution in [3.63, 3.8) is 0 Å². The Morgan fingerprint density at radius 2 is 2.00 bits per heavy atom. The molecule has 0 amide bonds. The second-order valence-electron chi connectivity index (χ2n) is 5.51. The van der Waals surface area contributed by atoms with Crippen molar-refractivity contribution in [1.82, 2.24) is 19.1 Å². The van der Waals surface area contributed by atoms with Crippen LogP contribution in [0, 0.1) is 0 Å². The van der Waals surface area contributed by atoms with Gasteiger partial charge in [0.15, 0.2) is 5.65 Å². The molecule has 0 radical (unpaired) electrons. The Labute approximate surface area is 174 Å². The Balaban J connectivity index is 1.59. The van der Waals surface area contributed by atoms with E-state index >= 15 is 0 Å². The number of benzene rings is 1. The van der Waals surface area contributed by atoms with Gasteiger partial charge in [0.25, 0.3) is 0 Å². The smallest absolute Gasteiger partial charge is 0.350 e. The van der Waals surface area contributed by atoms with E-state index in [-0.39, 0.29) is 49.0 Å². The minimum atomic E-state index is -2.71. The molecule has 6 nitrogen and oxygen atoms in total. The van der Waals surface area contributed by atoms with Crippen molar-refractivity contribution in [2.75, 3.05) is 37.6 Å². The van der Waals surface area contributed by atoms with Gasteiger partial charge in [-0.2, -0.15) is 0 Å². The van der Waals surface area contributed by atoms with Gasteiger partial charge in [-0.15, -0.1) is 5.10 Å². The molecule has 1 saturated heterocycles. The lowest BCUT2D eigenvalue weighted by Gasteiger charge is -2.36. The van der Waals surface area contributed by atoms with E-state index in [1.165, 1.54) is 4.90 Å². The molecule has 3 heterocycles. The maximum absolute atomic E-state index is 12.8. The van der Waals surface area contributed by atoms with Crippen LogP contribution in [0.4, 0.5) is 5.69 Å². The first-order valence-electron chi connectivity index (χ1n) is 13.8. The average molecular weight is 384 g/mol. The summed E-state index contributed by atoms with van der Waals surface area (Å²) >= 11 is 5.99. The van der Waals surface area contributed by atoms with Crippen LogP contribution in [0.15, 0.2) is 53.3 Å². The molecule has 0 aliphatic carbocycles. The summed E-state index contributed by atoms with van der Waals surface area (Å²) in [6, 6.07) is -3.36. The van der Waals surface area contributed by atoms with E-state index in [2.05, 4.69) is 5.10 Å². The van der Waals surface area contributed by atoms with Crippen molar-refractivity contribution in [3.05, 3.63) is 64.0 Å². The number of pyridine rings is 1. The monoisotopic (exact) mass is 383 g/mol. The molecular weight excluding hydrogens is 350 g/mol. The van der Waals surface area contributed by atoms with Gasteiger partial charge >= 0.3 is 5.69 Å². The quantitative estimate of drug-likeness (QED) is 0.678. The number of fused-ring (bicyclic) bond motifs is 1. The molecule has 1 aliphatic heterocycles.